The Kier molecular flexibility index (Phi) is 6.05. The molecule has 1 unspecified atom stereocenters. The van der Waals surface area contributed by atoms with Gasteiger partial charge in [-0.15, -0.1) is 0 Å². The highest BCUT2D eigenvalue weighted by atomic mass is 35.5. The Morgan fingerprint density at radius 1 is 1.08 bits per heavy atom. The number of hydrogen-bond donors (Lipinski definition) is 1. The van der Waals surface area contributed by atoms with Crippen LogP contribution in [0.15, 0.2) is 36.4 Å². The fourth-order valence-corrected chi connectivity index (χ4v) is 2.34. The lowest BCUT2D eigenvalue weighted by Crippen LogP contribution is -2.24. The van der Waals surface area contributed by atoms with E-state index in [0.29, 0.717) is 17.8 Å². The predicted molar refractivity (Wildman–Crippen MR) is 91.3 cm³/mol. The van der Waals surface area contributed by atoms with Crippen molar-refractivity contribution in [2.24, 2.45) is 0 Å². The lowest BCUT2D eigenvalue weighted by atomic mass is 10.1. The second kappa shape index (κ2) is 8.05. The van der Waals surface area contributed by atoms with Crippen LogP contribution in [-0.2, 0) is 9.53 Å². The van der Waals surface area contributed by atoms with Crippen molar-refractivity contribution in [2.45, 2.75) is 20.0 Å². The number of halogens is 3. The molecule has 0 spiro atoms. The van der Waals surface area contributed by atoms with Gasteiger partial charge in [0.15, 0.2) is 17.7 Å². The summed E-state index contributed by atoms with van der Waals surface area (Å²) in [6.45, 7) is 2.69. The molecule has 26 heavy (non-hydrogen) atoms. The van der Waals surface area contributed by atoms with Gasteiger partial charge in [0.1, 0.15) is 0 Å². The summed E-state index contributed by atoms with van der Waals surface area (Å²) in [6.07, 6.45) is -1.18. The van der Waals surface area contributed by atoms with E-state index in [9.17, 15) is 23.2 Å². The van der Waals surface area contributed by atoms with E-state index in [-0.39, 0.29) is 22.1 Å². The minimum absolute atomic E-state index is 0.246. The maximum absolute atomic E-state index is 13.3. The van der Waals surface area contributed by atoms with E-state index in [2.05, 4.69) is 5.32 Å². The first-order valence-electron chi connectivity index (χ1n) is 7.46. The molecule has 0 heterocycles. The lowest BCUT2D eigenvalue weighted by molar-refractivity contribution is -0.114. The van der Waals surface area contributed by atoms with E-state index in [1.807, 2.05) is 0 Å². The Morgan fingerprint density at radius 2 is 1.65 bits per heavy atom. The van der Waals surface area contributed by atoms with E-state index in [4.69, 9.17) is 16.3 Å². The summed E-state index contributed by atoms with van der Waals surface area (Å²) in [5, 5.41) is 2.23. The molecule has 0 aliphatic carbocycles. The van der Waals surface area contributed by atoms with Gasteiger partial charge in [-0.05, 0) is 43.3 Å². The summed E-state index contributed by atoms with van der Waals surface area (Å²) in [6, 6.07) is 7.23. The third-order valence-corrected chi connectivity index (χ3v) is 3.69. The number of Topliss-reactive ketones (excluding diaryl/α,β-unsaturated/α-hetero) is 1. The smallest absolute Gasteiger partial charge is 0.340 e. The third kappa shape index (κ3) is 4.64. The van der Waals surface area contributed by atoms with Crippen molar-refractivity contribution in [1.82, 2.24) is 0 Å². The highest BCUT2D eigenvalue weighted by molar-refractivity contribution is 6.33. The lowest BCUT2D eigenvalue weighted by Gasteiger charge is -2.13. The Balaban J connectivity index is 2.10. The zero-order valence-electron chi connectivity index (χ0n) is 13.8. The molecule has 0 bridgehead atoms. The summed E-state index contributed by atoms with van der Waals surface area (Å²) in [5.74, 6) is -4.27. The SMILES string of the molecule is CC(=O)Nc1ccc(C(=O)C(C)OC(=O)c2cc(F)c(F)cc2Cl)cc1. The molecule has 1 atom stereocenters. The molecule has 0 radical (unpaired) electrons. The highest BCUT2D eigenvalue weighted by Gasteiger charge is 2.23. The maximum atomic E-state index is 13.3. The maximum Gasteiger partial charge on any atom is 0.340 e. The average Bonchev–Trinajstić information content (AvgIpc) is 2.57. The van der Waals surface area contributed by atoms with Crippen LogP contribution >= 0.6 is 11.6 Å². The summed E-state index contributed by atoms with van der Waals surface area (Å²) in [7, 11) is 0. The van der Waals surface area contributed by atoms with Gasteiger partial charge in [-0.25, -0.2) is 13.6 Å². The van der Waals surface area contributed by atoms with Crippen LogP contribution in [-0.4, -0.2) is 23.8 Å². The van der Waals surface area contributed by atoms with Crippen LogP contribution in [0.2, 0.25) is 5.02 Å². The Labute approximate surface area is 152 Å². The van der Waals surface area contributed by atoms with Crippen LogP contribution in [0.3, 0.4) is 0 Å². The van der Waals surface area contributed by atoms with Gasteiger partial charge < -0.3 is 10.1 Å². The molecule has 1 amide bonds. The van der Waals surface area contributed by atoms with E-state index in [0.717, 1.165) is 0 Å². The van der Waals surface area contributed by atoms with Gasteiger partial charge in [-0.2, -0.15) is 0 Å². The molecule has 0 aromatic heterocycles. The molecule has 2 aromatic carbocycles. The number of carbonyl (C=O) groups excluding carboxylic acids is 3. The molecule has 0 aliphatic heterocycles. The molecular formula is C18H14ClF2NO4. The molecule has 0 fully saturated rings. The molecule has 0 aliphatic rings. The number of nitrogens with one attached hydrogen (secondary N) is 1. The molecule has 136 valence electrons. The molecule has 0 saturated heterocycles. The Morgan fingerprint density at radius 3 is 2.23 bits per heavy atom. The van der Waals surface area contributed by atoms with Crippen molar-refractivity contribution in [1.29, 1.82) is 0 Å². The number of ether oxygens (including phenoxy) is 1. The number of carbonyl (C=O) groups is 3. The number of esters is 1. The van der Waals surface area contributed by atoms with E-state index in [1.165, 1.54) is 38.1 Å². The van der Waals surface area contributed by atoms with Gasteiger partial charge in [-0.3, -0.25) is 9.59 Å². The normalized spacial score (nSPS) is 11.6. The van der Waals surface area contributed by atoms with Crippen molar-refractivity contribution in [3.63, 3.8) is 0 Å². The standard InChI is InChI=1S/C18H14ClF2NO4/c1-9(17(24)11-3-5-12(6-4-11)22-10(2)23)26-18(25)13-7-15(20)16(21)8-14(13)19/h3-9H,1-2H3,(H,22,23). The van der Waals surface area contributed by atoms with Crippen LogP contribution in [0.25, 0.3) is 0 Å². The zero-order chi connectivity index (χ0) is 19.4. The van der Waals surface area contributed by atoms with E-state index >= 15 is 0 Å². The molecule has 5 nitrogen and oxygen atoms in total. The first kappa shape index (κ1) is 19.5. The Bertz CT molecular complexity index is 868. The van der Waals surface area contributed by atoms with Gasteiger partial charge in [0.2, 0.25) is 11.7 Å². The van der Waals surface area contributed by atoms with Crippen LogP contribution in [0.4, 0.5) is 14.5 Å². The first-order chi connectivity index (χ1) is 12.2. The number of anilines is 1. The topological polar surface area (TPSA) is 72.5 Å². The highest BCUT2D eigenvalue weighted by Crippen LogP contribution is 2.22. The fourth-order valence-electron chi connectivity index (χ4n) is 2.11. The summed E-state index contributed by atoms with van der Waals surface area (Å²) in [4.78, 5) is 35.3. The van der Waals surface area contributed by atoms with Crippen molar-refractivity contribution < 1.29 is 27.9 Å². The molecule has 2 rings (SSSR count). The molecule has 0 saturated carbocycles. The third-order valence-electron chi connectivity index (χ3n) is 3.37. The van der Waals surface area contributed by atoms with Crippen LogP contribution in [0.1, 0.15) is 34.6 Å². The molecule has 1 N–H and O–H groups in total. The number of hydrogen-bond acceptors (Lipinski definition) is 4. The minimum Gasteiger partial charge on any atom is -0.451 e. The largest absolute Gasteiger partial charge is 0.451 e. The second-order valence-corrected chi connectivity index (χ2v) is 5.82. The molecule has 8 heteroatoms. The van der Waals surface area contributed by atoms with Gasteiger partial charge in [0, 0.05) is 18.2 Å². The monoisotopic (exact) mass is 381 g/mol. The predicted octanol–water partition coefficient (Wildman–Crippen LogP) is 4.00. The quantitative estimate of drug-likeness (QED) is 0.482. The average molecular weight is 382 g/mol. The van der Waals surface area contributed by atoms with Crippen LogP contribution in [0.5, 0.6) is 0 Å². The fraction of sp³-hybridized carbons (Fsp3) is 0.167. The zero-order valence-corrected chi connectivity index (χ0v) is 14.6. The Hall–Kier alpha value is -2.80. The first-order valence-corrected chi connectivity index (χ1v) is 7.84. The number of amides is 1. The van der Waals surface area contributed by atoms with Crippen LogP contribution in [0, 0.1) is 11.6 Å². The summed E-state index contributed by atoms with van der Waals surface area (Å²) in [5.41, 5.74) is 0.370. The number of benzene rings is 2. The van der Waals surface area contributed by atoms with Crippen molar-refractivity contribution >= 4 is 34.9 Å². The van der Waals surface area contributed by atoms with Crippen molar-refractivity contribution in [3.05, 3.63) is 64.2 Å². The van der Waals surface area contributed by atoms with Gasteiger partial charge in [0.05, 0.1) is 10.6 Å². The molecular weight excluding hydrogens is 368 g/mol. The number of ketones is 1. The molecule has 2 aromatic rings. The van der Waals surface area contributed by atoms with Crippen molar-refractivity contribution in [2.75, 3.05) is 5.32 Å². The van der Waals surface area contributed by atoms with Crippen LogP contribution < -0.4 is 5.32 Å². The van der Waals surface area contributed by atoms with Gasteiger partial charge >= 0.3 is 5.97 Å². The van der Waals surface area contributed by atoms with E-state index in [1.54, 1.807) is 0 Å². The van der Waals surface area contributed by atoms with Gasteiger partial charge in [0.25, 0.3) is 0 Å². The van der Waals surface area contributed by atoms with E-state index < -0.39 is 29.5 Å². The summed E-state index contributed by atoms with van der Waals surface area (Å²) >= 11 is 5.71. The summed E-state index contributed by atoms with van der Waals surface area (Å²) < 4.78 is 31.3. The van der Waals surface area contributed by atoms with Gasteiger partial charge in [-0.1, -0.05) is 11.6 Å². The van der Waals surface area contributed by atoms with Crippen molar-refractivity contribution in [3.8, 4) is 0 Å². The second-order valence-electron chi connectivity index (χ2n) is 5.42. The minimum atomic E-state index is -1.26. The number of rotatable bonds is 5.